The summed E-state index contributed by atoms with van der Waals surface area (Å²) in [6.07, 6.45) is 5.54. The Kier molecular flexibility index (Phi) is 5.39. The quantitative estimate of drug-likeness (QED) is 0.480. The molecule has 0 aromatic heterocycles. The zero-order valence-corrected chi connectivity index (χ0v) is 9.32. The number of hydrogen-bond acceptors (Lipinski definition) is 1. The van der Waals surface area contributed by atoms with E-state index in [2.05, 4.69) is 46.1 Å². The molecular weight excluding hydrogens is 164 g/mol. The Bertz CT molecular complexity index is 166. The molecule has 0 atom stereocenters. The van der Waals surface area contributed by atoms with Gasteiger partial charge in [0.25, 0.3) is 0 Å². The van der Waals surface area contributed by atoms with Crippen molar-refractivity contribution >= 4 is 12.6 Å². The Hall–Kier alpha value is -0.170. The summed E-state index contributed by atoms with van der Waals surface area (Å²) < 4.78 is 0. The average Bonchev–Trinajstić information content (AvgIpc) is 1.84. The molecule has 1 heteroatoms. The SMILES string of the molecule is C=C(C)CC(C)(C)CCC=CS. The van der Waals surface area contributed by atoms with Gasteiger partial charge in [0.2, 0.25) is 0 Å². The maximum Gasteiger partial charge on any atom is -0.0274 e. The van der Waals surface area contributed by atoms with E-state index in [9.17, 15) is 0 Å². The molecule has 0 saturated carbocycles. The summed E-state index contributed by atoms with van der Waals surface area (Å²) in [5, 5.41) is 1.82. The summed E-state index contributed by atoms with van der Waals surface area (Å²) in [5.74, 6) is 0. The molecule has 0 rings (SSSR count). The van der Waals surface area contributed by atoms with Crippen LogP contribution in [0.3, 0.4) is 0 Å². The lowest BCUT2D eigenvalue weighted by Crippen LogP contribution is -2.10. The first-order valence-electron chi connectivity index (χ1n) is 4.41. The van der Waals surface area contributed by atoms with Crippen molar-refractivity contribution in [2.45, 2.75) is 40.0 Å². The van der Waals surface area contributed by atoms with Crippen LogP contribution < -0.4 is 0 Å². The van der Waals surface area contributed by atoms with Crippen molar-refractivity contribution in [3.05, 3.63) is 23.6 Å². The Morgan fingerprint density at radius 3 is 2.50 bits per heavy atom. The summed E-state index contributed by atoms with van der Waals surface area (Å²) in [6.45, 7) is 10.6. The van der Waals surface area contributed by atoms with Gasteiger partial charge in [0.05, 0.1) is 0 Å². The minimum atomic E-state index is 0.388. The molecular formula is C11H20S. The van der Waals surface area contributed by atoms with Crippen molar-refractivity contribution in [1.82, 2.24) is 0 Å². The lowest BCUT2D eigenvalue weighted by Gasteiger charge is -2.23. The molecule has 12 heavy (non-hydrogen) atoms. The highest BCUT2D eigenvalue weighted by Crippen LogP contribution is 2.29. The first-order valence-corrected chi connectivity index (χ1v) is 4.93. The normalized spacial score (nSPS) is 12.3. The lowest BCUT2D eigenvalue weighted by atomic mass is 9.82. The fraction of sp³-hybridized carbons (Fsp3) is 0.636. The van der Waals surface area contributed by atoms with Crippen LogP contribution in [0.2, 0.25) is 0 Å². The van der Waals surface area contributed by atoms with Gasteiger partial charge in [0.15, 0.2) is 0 Å². The van der Waals surface area contributed by atoms with E-state index in [1.807, 2.05) is 5.41 Å². The zero-order valence-electron chi connectivity index (χ0n) is 8.43. The van der Waals surface area contributed by atoms with Crippen molar-refractivity contribution in [3.8, 4) is 0 Å². The number of allylic oxidation sites excluding steroid dienone is 2. The lowest BCUT2D eigenvalue weighted by molar-refractivity contribution is 0.335. The van der Waals surface area contributed by atoms with Crippen molar-refractivity contribution < 1.29 is 0 Å². The molecule has 0 bridgehead atoms. The first kappa shape index (κ1) is 11.8. The van der Waals surface area contributed by atoms with Crippen LogP contribution in [0, 0.1) is 5.41 Å². The van der Waals surface area contributed by atoms with Gasteiger partial charge < -0.3 is 0 Å². The van der Waals surface area contributed by atoms with Crippen LogP contribution >= 0.6 is 12.6 Å². The van der Waals surface area contributed by atoms with Crippen LogP contribution in [0.15, 0.2) is 23.6 Å². The third kappa shape index (κ3) is 6.53. The molecule has 0 aliphatic heterocycles. The van der Waals surface area contributed by atoms with E-state index in [0.717, 1.165) is 12.8 Å². The third-order valence-corrected chi connectivity index (χ3v) is 2.08. The second kappa shape index (κ2) is 5.47. The van der Waals surface area contributed by atoms with E-state index >= 15 is 0 Å². The highest BCUT2D eigenvalue weighted by atomic mass is 32.1. The van der Waals surface area contributed by atoms with Crippen molar-refractivity contribution in [2.24, 2.45) is 5.41 Å². The Morgan fingerprint density at radius 2 is 2.08 bits per heavy atom. The van der Waals surface area contributed by atoms with Gasteiger partial charge in [0.1, 0.15) is 0 Å². The molecule has 0 aromatic carbocycles. The van der Waals surface area contributed by atoms with Gasteiger partial charge in [0, 0.05) is 0 Å². The molecule has 0 radical (unpaired) electrons. The maximum atomic E-state index is 4.02. The summed E-state index contributed by atoms with van der Waals surface area (Å²) in [5.41, 5.74) is 1.66. The van der Waals surface area contributed by atoms with Gasteiger partial charge in [-0.25, -0.2) is 0 Å². The second-order valence-corrected chi connectivity index (χ2v) is 4.52. The smallest absolute Gasteiger partial charge is 0.0274 e. The van der Waals surface area contributed by atoms with Crippen LogP contribution in [0.25, 0.3) is 0 Å². The van der Waals surface area contributed by atoms with Gasteiger partial charge >= 0.3 is 0 Å². The van der Waals surface area contributed by atoms with Gasteiger partial charge in [-0.15, -0.1) is 6.58 Å². The van der Waals surface area contributed by atoms with Crippen molar-refractivity contribution in [1.29, 1.82) is 0 Å². The van der Waals surface area contributed by atoms with E-state index in [-0.39, 0.29) is 0 Å². The molecule has 0 amide bonds. The Balaban J connectivity index is 3.78. The minimum absolute atomic E-state index is 0.388. The van der Waals surface area contributed by atoms with Gasteiger partial charge in [-0.2, -0.15) is 12.6 Å². The molecule has 0 nitrogen and oxygen atoms in total. The highest BCUT2D eigenvalue weighted by molar-refractivity contribution is 7.83. The summed E-state index contributed by atoms with van der Waals surface area (Å²) in [6, 6.07) is 0. The van der Waals surface area contributed by atoms with Crippen LogP contribution in [-0.2, 0) is 0 Å². The Morgan fingerprint density at radius 1 is 1.50 bits per heavy atom. The number of rotatable bonds is 5. The minimum Gasteiger partial charge on any atom is -0.152 e. The molecule has 0 spiro atoms. The topological polar surface area (TPSA) is 0 Å². The molecule has 0 aromatic rings. The molecule has 0 aliphatic rings. The van der Waals surface area contributed by atoms with Crippen molar-refractivity contribution in [3.63, 3.8) is 0 Å². The fourth-order valence-electron chi connectivity index (χ4n) is 1.45. The number of thiol groups is 1. The van der Waals surface area contributed by atoms with E-state index < -0.39 is 0 Å². The molecule has 0 N–H and O–H groups in total. The molecule has 70 valence electrons. The fourth-order valence-corrected chi connectivity index (χ4v) is 1.60. The largest absolute Gasteiger partial charge is 0.152 e. The third-order valence-electron chi connectivity index (χ3n) is 1.87. The van der Waals surface area contributed by atoms with Crippen LogP contribution in [-0.4, -0.2) is 0 Å². The van der Waals surface area contributed by atoms with E-state index in [0.29, 0.717) is 5.41 Å². The molecule has 0 aliphatic carbocycles. The van der Waals surface area contributed by atoms with Gasteiger partial charge in [-0.1, -0.05) is 25.5 Å². The second-order valence-electron chi connectivity index (χ2n) is 4.22. The molecule has 0 saturated heterocycles. The Labute approximate surface area is 82.2 Å². The molecule has 0 unspecified atom stereocenters. The van der Waals surface area contributed by atoms with E-state index in [1.165, 1.54) is 12.0 Å². The predicted molar refractivity (Wildman–Crippen MR) is 60.6 cm³/mol. The number of hydrogen-bond donors (Lipinski definition) is 1. The monoisotopic (exact) mass is 184 g/mol. The standard InChI is InChI=1S/C11H20S/c1-10(2)9-11(3,4)7-5-6-8-12/h6,8,12H,1,5,7,9H2,2-4H3. The summed E-state index contributed by atoms with van der Waals surface area (Å²) >= 11 is 4.02. The molecule has 0 fully saturated rings. The zero-order chi connectivity index (χ0) is 9.61. The average molecular weight is 184 g/mol. The van der Waals surface area contributed by atoms with Crippen LogP contribution in [0.5, 0.6) is 0 Å². The predicted octanol–water partition coefficient (Wildman–Crippen LogP) is 4.20. The highest BCUT2D eigenvalue weighted by Gasteiger charge is 2.16. The molecule has 0 heterocycles. The van der Waals surface area contributed by atoms with Gasteiger partial charge in [-0.3, -0.25) is 0 Å². The van der Waals surface area contributed by atoms with E-state index in [1.54, 1.807) is 0 Å². The van der Waals surface area contributed by atoms with Crippen molar-refractivity contribution in [2.75, 3.05) is 0 Å². The van der Waals surface area contributed by atoms with E-state index in [4.69, 9.17) is 0 Å². The van der Waals surface area contributed by atoms with Crippen LogP contribution in [0.4, 0.5) is 0 Å². The van der Waals surface area contributed by atoms with Gasteiger partial charge in [-0.05, 0) is 37.0 Å². The summed E-state index contributed by atoms with van der Waals surface area (Å²) in [7, 11) is 0. The summed E-state index contributed by atoms with van der Waals surface area (Å²) in [4.78, 5) is 0. The first-order chi connectivity index (χ1) is 5.48. The van der Waals surface area contributed by atoms with Crippen LogP contribution in [0.1, 0.15) is 40.0 Å². The maximum absolute atomic E-state index is 4.02.